The van der Waals surface area contributed by atoms with Crippen LogP contribution in [0.5, 0.6) is 0 Å². The van der Waals surface area contributed by atoms with E-state index in [1.807, 2.05) is 16.7 Å². The molecule has 136 valence electrons. The van der Waals surface area contributed by atoms with Crippen LogP contribution in [0, 0.1) is 0 Å². The highest BCUT2D eigenvalue weighted by Crippen LogP contribution is 2.23. The Morgan fingerprint density at radius 2 is 2.08 bits per heavy atom. The number of pyridine rings is 1. The fourth-order valence-corrected chi connectivity index (χ4v) is 3.93. The van der Waals surface area contributed by atoms with E-state index in [4.69, 9.17) is 11.6 Å². The second kappa shape index (κ2) is 7.22. The van der Waals surface area contributed by atoms with E-state index in [1.165, 1.54) is 11.3 Å². The largest absolute Gasteiger partial charge is 0.346 e. The molecule has 0 aliphatic carbocycles. The number of fused-ring (bicyclic) bond motifs is 1. The summed E-state index contributed by atoms with van der Waals surface area (Å²) in [7, 11) is 2.12. The standard InChI is InChI=1S/C17H19ClN6OS/c1-22-4-6-23(7-5-22)17-20-9-14(26-17)16(25)19-8-13-11-24-10-12(18)2-3-15(24)21-13/h2-3,9-11H,4-8H2,1H3,(H,19,25). The number of rotatable bonds is 4. The Morgan fingerprint density at radius 1 is 1.27 bits per heavy atom. The topological polar surface area (TPSA) is 65.8 Å². The van der Waals surface area contributed by atoms with Crippen molar-refractivity contribution in [3.63, 3.8) is 0 Å². The van der Waals surface area contributed by atoms with Gasteiger partial charge >= 0.3 is 0 Å². The molecule has 3 aromatic rings. The molecule has 3 aromatic heterocycles. The molecule has 26 heavy (non-hydrogen) atoms. The first-order chi connectivity index (χ1) is 12.6. The monoisotopic (exact) mass is 390 g/mol. The van der Waals surface area contributed by atoms with Crippen molar-refractivity contribution in [3.8, 4) is 0 Å². The molecule has 1 aliphatic heterocycles. The Balaban J connectivity index is 1.38. The lowest BCUT2D eigenvalue weighted by molar-refractivity contribution is 0.0954. The van der Waals surface area contributed by atoms with Crippen LogP contribution in [0.4, 0.5) is 5.13 Å². The third kappa shape index (κ3) is 3.67. The molecule has 1 aliphatic rings. The molecule has 1 N–H and O–H groups in total. The number of aromatic nitrogens is 3. The summed E-state index contributed by atoms with van der Waals surface area (Å²) in [6.07, 6.45) is 5.31. The maximum Gasteiger partial charge on any atom is 0.263 e. The summed E-state index contributed by atoms with van der Waals surface area (Å²) in [5.41, 5.74) is 1.58. The van der Waals surface area contributed by atoms with E-state index in [1.54, 1.807) is 18.5 Å². The first-order valence-electron chi connectivity index (χ1n) is 8.39. The van der Waals surface area contributed by atoms with Crippen molar-refractivity contribution < 1.29 is 4.79 Å². The van der Waals surface area contributed by atoms with Crippen molar-refractivity contribution in [2.24, 2.45) is 0 Å². The van der Waals surface area contributed by atoms with E-state index in [-0.39, 0.29) is 5.91 Å². The average Bonchev–Trinajstić information content (AvgIpc) is 3.27. The number of carbonyl (C=O) groups excluding carboxylic acids is 1. The van der Waals surface area contributed by atoms with Gasteiger partial charge < -0.3 is 19.5 Å². The highest BCUT2D eigenvalue weighted by atomic mass is 35.5. The van der Waals surface area contributed by atoms with Crippen LogP contribution in [-0.4, -0.2) is 58.4 Å². The Labute approximate surface area is 160 Å². The SMILES string of the molecule is CN1CCN(c2ncc(C(=O)NCc3cn4cc(Cl)ccc4n3)s2)CC1. The third-order valence-corrected chi connectivity index (χ3v) is 5.67. The number of thiazole rings is 1. The molecular weight excluding hydrogens is 372 g/mol. The number of imidazole rings is 1. The molecule has 0 unspecified atom stereocenters. The second-order valence-corrected chi connectivity index (χ2v) is 7.77. The van der Waals surface area contributed by atoms with Gasteiger partial charge in [-0.25, -0.2) is 9.97 Å². The van der Waals surface area contributed by atoms with Gasteiger partial charge in [0, 0.05) is 38.6 Å². The lowest BCUT2D eigenvalue weighted by Crippen LogP contribution is -2.44. The van der Waals surface area contributed by atoms with Crippen molar-refractivity contribution in [2.75, 3.05) is 38.1 Å². The summed E-state index contributed by atoms with van der Waals surface area (Å²) in [5, 5.41) is 4.46. The summed E-state index contributed by atoms with van der Waals surface area (Å²) in [4.78, 5) is 26.4. The van der Waals surface area contributed by atoms with Gasteiger partial charge in [-0.05, 0) is 19.2 Å². The number of anilines is 1. The zero-order chi connectivity index (χ0) is 18.1. The fraction of sp³-hybridized carbons (Fsp3) is 0.353. The summed E-state index contributed by atoms with van der Waals surface area (Å²) in [6.45, 7) is 4.27. The number of halogens is 1. The van der Waals surface area contributed by atoms with Gasteiger partial charge in [-0.15, -0.1) is 0 Å². The normalized spacial score (nSPS) is 15.5. The fourth-order valence-electron chi connectivity index (χ4n) is 2.87. The van der Waals surface area contributed by atoms with Gasteiger partial charge in [0.25, 0.3) is 5.91 Å². The van der Waals surface area contributed by atoms with Crippen LogP contribution in [0.15, 0.2) is 30.7 Å². The van der Waals surface area contributed by atoms with E-state index >= 15 is 0 Å². The molecule has 4 heterocycles. The van der Waals surface area contributed by atoms with Crippen LogP contribution in [0.1, 0.15) is 15.4 Å². The second-order valence-electron chi connectivity index (χ2n) is 6.33. The molecular formula is C17H19ClN6OS. The highest BCUT2D eigenvalue weighted by molar-refractivity contribution is 7.17. The number of hydrogen-bond acceptors (Lipinski definition) is 6. The minimum Gasteiger partial charge on any atom is -0.346 e. The average molecular weight is 391 g/mol. The van der Waals surface area contributed by atoms with Gasteiger partial charge in [0.1, 0.15) is 10.5 Å². The molecule has 0 spiro atoms. The number of nitrogens with zero attached hydrogens (tertiary/aromatic N) is 5. The molecule has 1 saturated heterocycles. The van der Waals surface area contributed by atoms with E-state index in [9.17, 15) is 4.79 Å². The summed E-state index contributed by atoms with van der Waals surface area (Å²) in [6, 6.07) is 3.64. The van der Waals surface area contributed by atoms with Crippen LogP contribution >= 0.6 is 22.9 Å². The quantitative estimate of drug-likeness (QED) is 0.739. The van der Waals surface area contributed by atoms with Crippen LogP contribution in [0.3, 0.4) is 0 Å². The highest BCUT2D eigenvalue weighted by Gasteiger charge is 2.19. The summed E-state index contributed by atoms with van der Waals surface area (Å²) < 4.78 is 1.85. The predicted octanol–water partition coefficient (Wildman–Crippen LogP) is 2.13. The Morgan fingerprint density at radius 3 is 2.88 bits per heavy atom. The van der Waals surface area contributed by atoms with Crippen LogP contribution in [0.25, 0.3) is 5.65 Å². The molecule has 7 nitrogen and oxygen atoms in total. The zero-order valence-corrected chi connectivity index (χ0v) is 15.9. The maximum absolute atomic E-state index is 12.4. The van der Waals surface area contributed by atoms with Crippen molar-refractivity contribution >= 4 is 39.6 Å². The maximum atomic E-state index is 12.4. The molecule has 0 saturated carbocycles. The van der Waals surface area contributed by atoms with Gasteiger partial charge in [-0.3, -0.25) is 4.79 Å². The van der Waals surface area contributed by atoms with Gasteiger partial charge in [-0.1, -0.05) is 22.9 Å². The smallest absolute Gasteiger partial charge is 0.263 e. The van der Waals surface area contributed by atoms with Crippen molar-refractivity contribution in [3.05, 3.63) is 46.3 Å². The Kier molecular flexibility index (Phi) is 4.80. The van der Waals surface area contributed by atoms with Gasteiger partial charge in [-0.2, -0.15) is 0 Å². The number of piperazine rings is 1. The van der Waals surface area contributed by atoms with E-state index in [0.29, 0.717) is 16.4 Å². The minimum absolute atomic E-state index is 0.127. The number of carbonyl (C=O) groups is 1. The van der Waals surface area contributed by atoms with Gasteiger partial charge in [0.2, 0.25) is 0 Å². The molecule has 0 radical (unpaired) electrons. The first-order valence-corrected chi connectivity index (χ1v) is 9.58. The van der Waals surface area contributed by atoms with E-state index in [2.05, 4.69) is 32.1 Å². The lowest BCUT2D eigenvalue weighted by Gasteiger charge is -2.32. The third-order valence-electron chi connectivity index (χ3n) is 4.39. The van der Waals surface area contributed by atoms with Crippen molar-refractivity contribution in [2.45, 2.75) is 6.54 Å². The van der Waals surface area contributed by atoms with Crippen LogP contribution in [0.2, 0.25) is 5.02 Å². The number of hydrogen-bond donors (Lipinski definition) is 1. The predicted molar refractivity (Wildman–Crippen MR) is 103 cm³/mol. The molecule has 1 amide bonds. The Bertz CT molecular complexity index is 930. The first kappa shape index (κ1) is 17.3. The van der Waals surface area contributed by atoms with E-state index < -0.39 is 0 Å². The molecule has 0 atom stereocenters. The van der Waals surface area contributed by atoms with Gasteiger partial charge in [0.05, 0.1) is 23.5 Å². The molecule has 0 bridgehead atoms. The summed E-state index contributed by atoms with van der Waals surface area (Å²) in [5.74, 6) is -0.127. The van der Waals surface area contributed by atoms with Crippen molar-refractivity contribution in [1.82, 2.24) is 24.6 Å². The molecule has 0 aromatic carbocycles. The summed E-state index contributed by atoms with van der Waals surface area (Å²) >= 11 is 7.41. The van der Waals surface area contributed by atoms with Crippen LogP contribution in [-0.2, 0) is 6.54 Å². The lowest BCUT2D eigenvalue weighted by atomic mass is 10.3. The molecule has 1 fully saturated rings. The number of nitrogens with one attached hydrogen (secondary N) is 1. The Hall–Kier alpha value is -2.16. The molecule has 9 heteroatoms. The number of amides is 1. The zero-order valence-electron chi connectivity index (χ0n) is 14.4. The van der Waals surface area contributed by atoms with Gasteiger partial charge in [0.15, 0.2) is 5.13 Å². The van der Waals surface area contributed by atoms with Crippen LogP contribution < -0.4 is 10.2 Å². The minimum atomic E-state index is -0.127. The van der Waals surface area contributed by atoms with Crippen molar-refractivity contribution in [1.29, 1.82) is 0 Å². The van der Waals surface area contributed by atoms with E-state index in [0.717, 1.165) is 42.7 Å². The molecule has 4 rings (SSSR count). The number of likely N-dealkylation sites (N-methyl/N-ethyl adjacent to an activating group) is 1.